The largest absolute Gasteiger partial charge is 0.413 e. The minimum absolute atomic E-state index is 0.712. The summed E-state index contributed by atoms with van der Waals surface area (Å²) in [5.74, 6) is 0.712. The van der Waals surface area contributed by atoms with E-state index in [0.717, 1.165) is 0 Å². The van der Waals surface area contributed by atoms with Gasteiger partial charge in [0.1, 0.15) is 0 Å². The van der Waals surface area contributed by atoms with Crippen molar-refractivity contribution in [3.05, 3.63) is 0 Å². The van der Waals surface area contributed by atoms with Gasteiger partial charge in [0, 0.05) is 6.92 Å². The van der Waals surface area contributed by atoms with Gasteiger partial charge in [-0.2, -0.15) is 0 Å². The van der Waals surface area contributed by atoms with Gasteiger partial charge in [-0.3, -0.25) is 0 Å². The van der Waals surface area contributed by atoms with Crippen molar-refractivity contribution in [2.45, 2.75) is 6.92 Å². The van der Waals surface area contributed by atoms with Crippen LogP contribution in [-0.4, -0.2) is 25.5 Å². The van der Waals surface area contributed by atoms with Crippen LogP contribution in [0.15, 0.2) is 4.76 Å². The van der Waals surface area contributed by atoms with Gasteiger partial charge in [0.25, 0.3) is 0 Å². The van der Waals surface area contributed by atoms with Crippen LogP contribution in [-0.2, 0) is 3.07 Å². The Balaban J connectivity index is 4.13. The summed E-state index contributed by atoms with van der Waals surface area (Å²) in [4.78, 5) is 0. The Morgan fingerprint density at radius 2 is 2.11 bits per heavy atom. The molecule has 0 saturated heterocycles. The van der Waals surface area contributed by atoms with Crippen LogP contribution in [0, 0.1) is 0 Å². The molecule has 0 rings (SSSR count). The Morgan fingerprint density at radius 1 is 1.67 bits per heavy atom. The lowest BCUT2D eigenvalue weighted by molar-refractivity contribution is 0.716. The third-order valence-electron chi connectivity index (χ3n) is 0.523. The fourth-order valence-electron chi connectivity index (χ4n) is 0.397. The molecule has 9 heavy (non-hydrogen) atoms. The van der Waals surface area contributed by atoms with Crippen LogP contribution in [0.3, 0.4) is 0 Å². The van der Waals surface area contributed by atoms with Gasteiger partial charge in [0.15, 0.2) is 28.9 Å². The van der Waals surface area contributed by atoms with Gasteiger partial charge in [0.2, 0.25) is 0 Å². The van der Waals surface area contributed by atoms with Crippen LogP contribution in [0.5, 0.6) is 0 Å². The van der Waals surface area contributed by atoms with Crippen LogP contribution >= 0.6 is 30.0 Å². The molecular formula is C5H11INOP. The molecule has 0 fully saturated rings. The summed E-state index contributed by atoms with van der Waals surface area (Å²) in [5, 5.41) is 0. The van der Waals surface area contributed by atoms with Crippen molar-refractivity contribution >= 4 is 42.2 Å². The van der Waals surface area contributed by atoms with Crippen LogP contribution in [0.25, 0.3) is 0 Å². The van der Waals surface area contributed by atoms with Crippen LogP contribution in [0.4, 0.5) is 0 Å². The molecule has 0 unspecified atom stereocenters. The topological polar surface area (TPSA) is 21.6 Å². The lowest BCUT2D eigenvalue weighted by Crippen LogP contribution is -1.87. The van der Waals surface area contributed by atoms with Gasteiger partial charge in [0.05, 0.1) is 0 Å². The van der Waals surface area contributed by atoms with E-state index >= 15 is 0 Å². The third kappa shape index (κ3) is 6.38. The first kappa shape index (κ1) is 9.50. The predicted molar refractivity (Wildman–Crippen MR) is 54.1 cm³/mol. The summed E-state index contributed by atoms with van der Waals surface area (Å²) < 4.78 is 9.05. The Morgan fingerprint density at radius 3 is 2.22 bits per heavy atom. The molecule has 4 heteroatoms. The van der Waals surface area contributed by atoms with Crippen molar-refractivity contribution in [1.82, 2.24) is 0 Å². The Kier molecular flexibility index (Phi) is 3.82. The fourth-order valence-corrected chi connectivity index (χ4v) is 1.45. The van der Waals surface area contributed by atoms with E-state index in [1.807, 2.05) is 43.3 Å². The number of rotatable bonds is 1. The van der Waals surface area contributed by atoms with Gasteiger partial charge in [-0.25, -0.2) is 4.76 Å². The molecule has 0 spiro atoms. The molecule has 0 atom stereocenters. The molecule has 0 saturated carbocycles. The zero-order chi connectivity index (χ0) is 7.49. The van der Waals surface area contributed by atoms with Crippen molar-refractivity contribution in [3.63, 3.8) is 0 Å². The number of nitrogens with zero attached hydrogens (tertiary/aromatic N) is 1. The summed E-state index contributed by atoms with van der Waals surface area (Å²) in [6.45, 7) is 5.90. The maximum atomic E-state index is 4.83. The van der Waals surface area contributed by atoms with Crippen molar-refractivity contribution in [1.29, 1.82) is 0 Å². The molecule has 2 nitrogen and oxygen atoms in total. The standard InChI is InChI=1S/C5H11INOP/c1-5(8-6)7-9(2,3)4/h2H2,1,3-4H3/b7-5+. The Bertz CT molecular complexity index is 160. The van der Waals surface area contributed by atoms with E-state index in [0.29, 0.717) is 5.90 Å². The molecule has 54 valence electrons. The average Bonchev–Trinajstić information content (AvgIpc) is 1.62. The number of hydrogen-bond acceptors (Lipinski definition) is 2. The van der Waals surface area contributed by atoms with Crippen molar-refractivity contribution in [2.24, 2.45) is 4.76 Å². The average molecular weight is 259 g/mol. The highest BCUT2D eigenvalue weighted by atomic mass is 127. The normalized spacial score (nSPS) is 13.6. The lowest BCUT2D eigenvalue weighted by Gasteiger charge is -2.04. The van der Waals surface area contributed by atoms with E-state index in [-0.39, 0.29) is 0 Å². The fraction of sp³-hybridized carbons (Fsp3) is 0.600. The summed E-state index contributed by atoms with van der Waals surface area (Å²) in [6, 6.07) is 0. The van der Waals surface area contributed by atoms with Crippen LogP contribution in [0.2, 0.25) is 0 Å². The Hall–Kier alpha value is 0.500. The molecule has 0 amide bonds. The van der Waals surface area contributed by atoms with Gasteiger partial charge in [-0.05, 0) is 20.4 Å². The van der Waals surface area contributed by atoms with E-state index in [1.54, 1.807) is 0 Å². The quantitative estimate of drug-likeness (QED) is 0.306. The van der Waals surface area contributed by atoms with Crippen LogP contribution in [0.1, 0.15) is 6.92 Å². The number of hydrogen-bond donors (Lipinski definition) is 0. The van der Waals surface area contributed by atoms with Gasteiger partial charge in [-0.15, -0.1) is 0 Å². The maximum absolute atomic E-state index is 4.83. The molecule has 0 N–H and O–H groups in total. The predicted octanol–water partition coefficient (Wildman–Crippen LogP) is 2.40. The third-order valence-corrected chi connectivity index (χ3v) is 1.98. The first-order valence-electron chi connectivity index (χ1n) is 2.49. The second kappa shape index (κ2) is 3.62. The molecule has 0 radical (unpaired) electrons. The van der Waals surface area contributed by atoms with Gasteiger partial charge in [-0.1, -0.05) is 6.30 Å². The Labute approximate surface area is 70.4 Å². The first-order valence-corrected chi connectivity index (χ1v) is 6.19. The highest BCUT2D eigenvalue weighted by molar-refractivity contribution is 14.1. The highest BCUT2D eigenvalue weighted by Crippen LogP contribution is 2.37. The smallest absolute Gasteiger partial charge is 0.195 e. The second-order valence-electron chi connectivity index (χ2n) is 2.32. The zero-order valence-electron chi connectivity index (χ0n) is 5.89. The van der Waals surface area contributed by atoms with Gasteiger partial charge >= 0.3 is 0 Å². The van der Waals surface area contributed by atoms with Gasteiger partial charge < -0.3 is 3.07 Å². The summed E-state index contributed by atoms with van der Waals surface area (Å²) in [5.41, 5.74) is 0. The minimum atomic E-state index is -1.28. The molecular weight excluding hydrogens is 248 g/mol. The van der Waals surface area contributed by atoms with E-state index in [2.05, 4.69) is 11.1 Å². The molecule has 0 aromatic heterocycles. The summed E-state index contributed by atoms with van der Waals surface area (Å²) in [6.07, 6.45) is 3.90. The monoisotopic (exact) mass is 259 g/mol. The minimum Gasteiger partial charge on any atom is -0.413 e. The van der Waals surface area contributed by atoms with Crippen molar-refractivity contribution < 1.29 is 3.07 Å². The molecule has 0 aliphatic carbocycles. The maximum Gasteiger partial charge on any atom is 0.195 e. The second-order valence-corrected chi connectivity index (χ2v) is 6.20. The van der Waals surface area contributed by atoms with E-state index < -0.39 is 7.04 Å². The van der Waals surface area contributed by atoms with E-state index in [9.17, 15) is 0 Å². The van der Waals surface area contributed by atoms with E-state index in [1.165, 1.54) is 0 Å². The SMILES string of the molecule is C=P(C)(C)/N=C(\C)OI. The zero-order valence-corrected chi connectivity index (χ0v) is 8.94. The summed E-state index contributed by atoms with van der Waals surface area (Å²) in [7, 11) is -1.28. The van der Waals surface area contributed by atoms with Crippen molar-refractivity contribution in [2.75, 3.05) is 13.3 Å². The summed E-state index contributed by atoms with van der Waals surface area (Å²) >= 11 is 1.81. The highest BCUT2D eigenvalue weighted by Gasteiger charge is 1.95. The molecule has 0 aliphatic rings. The number of halogens is 1. The molecule has 0 heterocycles. The van der Waals surface area contributed by atoms with E-state index in [4.69, 9.17) is 3.07 Å². The molecule has 0 bridgehead atoms. The van der Waals surface area contributed by atoms with Crippen LogP contribution < -0.4 is 0 Å². The first-order chi connectivity index (χ1) is 3.95. The molecule has 0 aliphatic heterocycles. The lowest BCUT2D eigenvalue weighted by atomic mass is 10.8. The van der Waals surface area contributed by atoms with Crippen molar-refractivity contribution in [3.8, 4) is 0 Å². The molecule has 0 aromatic carbocycles. The molecule has 0 aromatic rings.